The highest BCUT2D eigenvalue weighted by Crippen LogP contribution is 2.65. The number of rotatable bonds is 5. The van der Waals surface area contributed by atoms with E-state index in [1.54, 1.807) is 12.3 Å². The van der Waals surface area contributed by atoms with Crippen LogP contribution in [0.3, 0.4) is 0 Å². The summed E-state index contributed by atoms with van der Waals surface area (Å²) >= 11 is 0. The summed E-state index contributed by atoms with van der Waals surface area (Å²) in [5.41, 5.74) is -0.764. The van der Waals surface area contributed by atoms with Gasteiger partial charge in [0.1, 0.15) is 6.10 Å². The molecule has 0 radical (unpaired) electrons. The fourth-order valence-corrected chi connectivity index (χ4v) is 6.68. The first-order valence-corrected chi connectivity index (χ1v) is 11.7. The molecule has 2 saturated carbocycles. The van der Waals surface area contributed by atoms with Gasteiger partial charge in [0.2, 0.25) is 0 Å². The summed E-state index contributed by atoms with van der Waals surface area (Å²) < 4.78 is 21.6. The topological polar surface area (TPSA) is 109 Å². The fraction of sp³-hybridized carbons (Fsp3) is 0.680. The summed E-state index contributed by atoms with van der Waals surface area (Å²) in [7, 11) is 1.33. The van der Waals surface area contributed by atoms with E-state index in [1.807, 2.05) is 20.8 Å². The summed E-state index contributed by atoms with van der Waals surface area (Å²) in [6, 6.07) is 1.75. The number of ketones is 1. The van der Waals surface area contributed by atoms with Crippen LogP contribution in [-0.4, -0.2) is 36.9 Å². The Bertz CT molecular complexity index is 936. The Morgan fingerprint density at radius 2 is 1.97 bits per heavy atom. The predicted octanol–water partition coefficient (Wildman–Crippen LogP) is 3.78. The molecule has 1 saturated heterocycles. The van der Waals surface area contributed by atoms with Gasteiger partial charge < -0.3 is 18.6 Å². The van der Waals surface area contributed by atoms with E-state index in [2.05, 4.69) is 0 Å². The monoisotopic (exact) mass is 460 g/mol. The van der Waals surface area contributed by atoms with Crippen molar-refractivity contribution in [2.75, 3.05) is 7.11 Å². The highest BCUT2D eigenvalue weighted by molar-refractivity contribution is 5.93. The molecule has 33 heavy (non-hydrogen) atoms. The van der Waals surface area contributed by atoms with Crippen LogP contribution in [0.1, 0.15) is 71.0 Å². The van der Waals surface area contributed by atoms with Crippen molar-refractivity contribution in [1.29, 1.82) is 0 Å². The van der Waals surface area contributed by atoms with Gasteiger partial charge in [0.25, 0.3) is 0 Å². The molecule has 7 atom stereocenters. The first-order valence-electron chi connectivity index (χ1n) is 11.7. The number of cyclic esters (lactones) is 1. The summed E-state index contributed by atoms with van der Waals surface area (Å²) in [5, 5.41) is 0. The normalized spacial score (nSPS) is 38.0. The molecular weight excluding hydrogens is 428 g/mol. The lowest BCUT2D eigenvalue weighted by atomic mass is 9.43. The van der Waals surface area contributed by atoms with Gasteiger partial charge in [-0.3, -0.25) is 19.2 Å². The molecule has 0 spiro atoms. The maximum absolute atomic E-state index is 13.9. The van der Waals surface area contributed by atoms with Crippen LogP contribution in [0.4, 0.5) is 0 Å². The van der Waals surface area contributed by atoms with Gasteiger partial charge in [0.05, 0.1) is 31.5 Å². The fourth-order valence-electron chi connectivity index (χ4n) is 6.68. The first-order chi connectivity index (χ1) is 15.7. The summed E-state index contributed by atoms with van der Waals surface area (Å²) in [6.07, 6.45) is 3.81. The minimum absolute atomic E-state index is 0.102. The molecule has 3 fully saturated rings. The van der Waals surface area contributed by atoms with Crippen LogP contribution in [-0.2, 0) is 33.4 Å². The van der Waals surface area contributed by atoms with Gasteiger partial charge in [-0.2, -0.15) is 0 Å². The number of esters is 3. The van der Waals surface area contributed by atoms with E-state index in [9.17, 15) is 19.2 Å². The van der Waals surface area contributed by atoms with Crippen LogP contribution in [0, 0.1) is 28.6 Å². The summed E-state index contributed by atoms with van der Waals surface area (Å²) in [4.78, 5) is 52.2. The van der Waals surface area contributed by atoms with Crippen molar-refractivity contribution in [2.24, 2.45) is 28.6 Å². The van der Waals surface area contributed by atoms with Gasteiger partial charge in [0, 0.05) is 24.3 Å². The van der Waals surface area contributed by atoms with E-state index in [1.165, 1.54) is 13.4 Å². The number of carbonyl (C=O) groups excluding carboxylic acids is 4. The second-order valence-corrected chi connectivity index (χ2v) is 10.2. The van der Waals surface area contributed by atoms with Crippen molar-refractivity contribution in [3.05, 3.63) is 24.2 Å². The Morgan fingerprint density at radius 1 is 1.21 bits per heavy atom. The number of methoxy groups -OCH3 is 1. The molecule has 2 aliphatic carbocycles. The highest BCUT2D eigenvalue weighted by Gasteiger charge is 2.67. The summed E-state index contributed by atoms with van der Waals surface area (Å²) in [6.45, 7) is 5.74. The van der Waals surface area contributed by atoms with E-state index in [-0.39, 0.29) is 24.6 Å². The molecule has 0 N–H and O–H groups in total. The lowest BCUT2D eigenvalue weighted by Crippen LogP contribution is -2.64. The number of ether oxygens (including phenoxy) is 3. The van der Waals surface area contributed by atoms with Crippen LogP contribution in [0.5, 0.6) is 0 Å². The lowest BCUT2D eigenvalue weighted by molar-refractivity contribution is -0.210. The van der Waals surface area contributed by atoms with Gasteiger partial charge in [-0.1, -0.05) is 20.8 Å². The second kappa shape index (κ2) is 8.61. The first kappa shape index (κ1) is 23.5. The third-order valence-corrected chi connectivity index (χ3v) is 8.23. The molecule has 0 amide bonds. The number of Topliss-reactive ketones (excluding diaryl/α,β-unsaturated/α-hetero) is 1. The smallest absolute Gasteiger partial charge is 0.310 e. The molecule has 1 aromatic heterocycles. The van der Waals surface area contributed by atoms with Crippen molar-refractivity contribution in [1.82, 2.24) is 0 Å². The van der Waals surface area contributed by atoms with Gasteiger partial charge in [0.15, 0.2) is 11.9 Å². The zero-order valence-corrected chi connectivity index (χ0v) is 19.6. The molecule has 1 unspecified atom stereocenters. The van der Waals surface area contributed by atoms with E-state index in [4.69, 9.17) is 18.6 Å². The predicted molar refractivity (Wildman–Crippen MR) is 115 cm³/mol. The quantitative estimate of drug-likeness (QED) is 0.482. The van der Waals surface area contributed by atoms with E-state index in [0.29, 0.717) is 25.7 Å². The molecule has 8 heteroatoms. The molecule has 180 valence electrons. The zero-order chi connectivity index (χ0) is 24.0. The molecular formula is C25H32O8. The average molecular weight is 461 g/mol. The second-order valence-electron chi connectivity index (χ2n) is 10.2. The van der Waals surface area contributed by atoms with Gasteiger partial charge in [-0.25, -0.2) is 0 Å². The molecule has 2 heterocycles. The number of fused-ring (bicyclic) bond motifs is 3. The molecule has 4 rings (SSSR count). The average Bonchev–Trinajstić information content (AvgIpc) is 3.29. The van der Waals surface area contributed by atoms with Crippen molar-refractivity contribution in [3.63, 3.8) is 0 Å². The van der Waals surface area contributed by atoms with Crippen LogP contribution < -0.4 is 0 Å². The SMILES string of the molecule is CCCC(=O)O[C@H]1C[C@@H](C(=O)OC)[C@]2(C)CC[C@H]3C(=O)O[C@H](c4ccoc4)C[C@]3(C)C2C1=O. The zero-order valence-electron chi connectivity index (χ0n) is 19.6. The minimum Gasteiger partial charge on any atom is -0.472 e. The van der Waals surface area contributed by atoms with Gasteiger partial charge in [-0.05, 0) is 42.6 Å². The van der Waals surface area contributed by atoms with Crippen LogP contribution >= 0.6 is 0 Å². The number of hydrogen-bond donors (Lipinski definition) is 0. The van der Waals surface area contributed by atoms with Crippen molar-refractivity contribution >= 4 is 23.7 Å². The maximum Gasteiger partial charge on any atom is 0.310 e. The minimum atomic E-state index is -1.04. The molecule has 3 aliphatic rings. The van der Waals surface area contributed by atoms with Gasteiger partial charge >= 0.3 is 17.9 Å². The van der Waals surface area contributed by atoms with Gasteiger partial charge in [-0.15, -0.1) is 0 Å². The molecule has 0 bridgehead atoms. The third-order valence-electron chi connectivity index (χ3n) is 8.23. The van der Waals surface area contributed by atoms with E-state index in [0.717, 1.165) is 5.56 Å². The third kappa shape index (κ3) is 3.77. The molecule has 8 nitrogen and oxygen atoms in total. The summed E-state index contributed by atoms with van der Waals surface area (Å²) in [5.74, 6) is -3.19. The number of carbonyl (C=O) groups is 4. The Labute approximate surface area is 193 Å². The maximum atomic E-state index is 13.9. The van der Waals surface area contributed by atoms with Crippen molar-refractivity contribution < 1.29 is 37.8 Å². The largest absolute Gasteiger partial charge is 0.472 e. The van der Waals surface area contributed by atoms with Crippen LogP contribution in [0.25, 0.3) is 0 Å². The lowest BCUT2D eigenvalue weighted by Gasteiger charge is -2.61. The van der Waals surface area contributed by atoms with Crippen molar-refractivity contribution in [2.45, 2.75) is 71.5 Å². The molecule has 0 aromatic carbocycles. The number of furan rings is 1. The Morgan fingerprint density at radius 3 is 2.61 bits per heavy atom. The standard InChI is InChI=1S/C25H32O8/c1-5-6-19(26)32-17-11-16(22(28)30-4)24(2)9-7-15-23(29)33-18(14-8-10-31-13-14)12-25(15,3)21(24)20(17)27/h8,10,13,15-18,21H,5-7,9,11-12H2,1-4H3/t15-,16-,17-,18-,21?,24-,25-/m0/s1. The Hall–Kier alpha value is -2.64. The van der Waals surface area contributed by atoms with E-state index < -0.39 is 52.7 Å². The molecule has 1 aliphatic heterocycles. The van der Waals surface area contributed by atoms with Crippen LogP contribution in [0.2, 0.25) is 0 Å². The Balaban J connectivity index is 1.76. The van der Waals surface area contributed by atoms with Crippen LogP contribution in [0.15, 0.2) is 23.0 Å². The number of hydrogen-bond acceptors (Lipinski definition) is 8. The van der Waals surface area contributed by atoms with Crippen molar-refractivity contribution in [3.8, 4) is 0 Å². The Kier molecular flexibility index (Phi) is 6.14. The molecule has 1 aromatic rings. The highest BCUT2D eigenvalue weighted by atomic mass is 16.6. The van der Waals surface area contributed by atoms with E-state index >= 15 is 0 Å².